The number of aryl methyl sites for hydroxylation is 4. The third-order valence-electron chi connectivity index (χ3n) is 9.50. The lowest BCUT2D eigenvalue weighted by Crippen LogP contribution is -2.41. The third kappa shape index (κ3) is 9.88. The molecule has 2 heterocycles. The van der Waals surface area contributed by atoms with Crippen LogP contribution in [0.5, 0.6) is 0 Å². The summed E-state index contributed by atoms with van der Waals surface area (Å²) >= 11 is 0. The number of amides is 1. The van der Waals surface area contributed by atoms with Gasteiger partial charge in [0.05, 0.1) is 30.2 Å². The highest BCUT2D eigenvalue weighted by Crippen LogP contribution is 2.42. The van der Waals surface area contributed by atoms with Crippen LogP contribution in [0.4, 0.5) is 35.1 Å². The fraction of sp³-hybridized carbons (Fsp3) is 0.513. The lowest BCUT2D eigenvalue weighted by molar-refractivity contribution is -0.144. The number of alkyl halides is 6. The van der Waals surface area contributed by atoms with Gasteiger partial charge in [-0.15, -0.1) is 0 Å². The lowest BCUT2D eigenvalue weighted by atomic mass is 9.88. The van der Waals surface area contributed by atoms with Crippen LogP contribution in [0.15, 0.2) is 35.3 Å². The molecule has 296 valence electrons. The van der Waals surface area contributed by atoms with Gasteiger partial charge in [0.2, 0.25) is 5.91 Å². The van der Waals surface area contributed by atoms with E-state index in [1.54, 1.807) is 46.8 Å². The number of hydrogen-bond donors (Lipinski definition) is 1. The predicted molar refractivity (Wildman–Crippen MR) is 187 cm³/mol. The Kier molecular flexibility index (Phi) is 13.4. The number of carbonyl (C=O) groups excluding carboxylic acids is 2. The second kappa shape index (κ2) is 17.0. The van der Waals surface area contributed by atoms with Crippen molar-refractivity contribution in [3.8, 4) is 11.1 Å². The Morgan fingerprint density at radius 2 is 1.52 bits per heavy atom. The van der Waals surface area contributed by atoms with Crippen LogP contribution in [-0.2, 0) is 33.1 Å². The number of nitrogens with zero attached hydrogens (tertiary/aromatic N) is 2. The van der Waals surface area contributed by atoms with Gasteiger partial charge in [0.1, 0.15) is 17.7 Å². The van der Waals surface area contributed by atoms with Crippen molar-refractivity contribution in [3.05, 3.63) is 91.4 Å². The maximum Gasteiger partial charge on any atom is 0.419 e. The van der Waals surface area contributed by atoms with Crippen molar-refractivity contribution >= 4 is 11.9 Å². The minimum Gasteiger partial charge on any atom is -0.466 e. The van der Waals surface area contributed by atoms with Crippen LogP contribution in [0, 0.1) is 38.3 Å². The molecule has 1 unspecified atom stereocenters. The van der Waals surface area contributed by atoms with Crippen LogP contribution in [0.3, 0.4) is 0 Å². The summed E-state index contributed by atoms with van der Waals surface area (Å²) in [4.78, 5) is 42.4. The number of aromatic nitrogens is 1. The Morgan fingerprint density at radius 1 is 0.907 bits per heavy atom. The highest BCUT2D eigenvalue weighted by molar-refractivity contribution is 5.82. The van der Waals surface area contributed by atoms with Gasteiger partial charge in [0.25, 0.3) is 5.56 Å². The molecule has 4 rings (SSSR count). The number of nitrogens with one attached hydrogen (secondary N) is 1. The number of rotatable bonds is 14. The fourth-order valence-electron chi connectivity index (χ4n) is 7.03. The molecule has 0 aliphatic carbocycles. The van der Waals surface area contributed by atoms with E-state index in [4.69, 9.17) is 4.74 Å². The molecule has 1 aliphatic heterocycles. The molecule has 0 saturated carbocycles. The molecule has 2 aromatic carbocycles. The largest absolute Gasteiger partial charge is 0.466 e. The quantitative estimate of drug-likeness (QED) is 0.131. The van der Waals surface area contributed by atoms with Crippen molar-refractivity contribution in [2.24, 2.45) is 5.92 Å². The van der Waals surface area contributed by atoms with E-state index in [0.717, 1.165) is 35.8 Å². The number of carbonyl (C=O) groups is 2. The summed E-state index contributed by atoms with van der Waals surface area (Å²) in [5, 5.41) is 2.29. The van der Waals surface area contributed by atoms with E-state index in [1.165, 1.54) is 6.92 Å². The highest BCUT2D eigenvalue weighted by Gasteiger charge is 2.41. The second-order valence-electron chi connectivity index (χ2n) is 14.3. The zero-order chi connectivity index (χ0) is 40.3. The Labute approximate surface area is 308 Å². The molecular formula is C39H45F8N3O4. The van der Waals surface area contributed by atoms with Gasteiger partial charge in [-0.25, -0.2) is 8.78 Å². The summed E-state index contributed by atoms with van der Waals surface area (Å²) in [6, 6.07) is 0.257. The first-order valence-electron chi connectivity index (χ1n) is 17.8. The Balaban J connectivity index is 1.89. The molecule has 54 heavy (non-hydrogen) atoms. The number of halogens is 8. The first-order valence-corrected chi connectivity index (χ1v) is 17.8. The van der Waals surface area contributed by atoms with Gasteiger partial charge in [0.15, 0.2) is 0 Å². The number of hydrogen-bond acceptors (Lipinski definition) is 5. The topological polar surface area (TPSA) is 80.6 Å². The normalized spacial score (nSPS) is 14.9. The maximum absolute atomic E-state index is 16.7. The van der Waals surface area contributed by atoms with E-state index in [0.29, 0.717) is 36.2 Å². The highest BCUT2D eigenvalue weighted by atomic mass is 19.4. The number of ether oxygens (including phenoxy) is 1. The Hall–Kier alpha value is -4.27. The third-order valence-corrected chi connectivity index (χ3v) is 9.50. The zero-order valence-electron chi connectivity index (χ0n) is 31.0. The van der Waals surface area contributed by atoms with E-state index in [1.807, 2.05) is 0 Å². The van der Waals surface area contributed by atoms with E-state index in [-0.39, 0.29) is 36.5 Å². The van der Waals surface area contributed by atoms with Crippen molar-refractivity contribution in [2.75, 3.05) is 26.2 Å². The Morgan fingerprint density at radius 3 is 2.04 bits per heavy atom. The van der Waals surface area contributed by atoms with Gasteiger partial charge >= 0.3 is 18.3 Å². The summed E-state index contributed by atoms with van der Waals surface area (Å²) in [6.07, 6.45) is -9.27. The van der Waals surface area contributed by atoms with E-state index < -0.39 is 82.2 Å². The summed E-state index contributed by atoms with van der Waals surface area (Å²) in [5.74, 6) is -6.19. The molecule has 1 fully saturated rings. The molecular weight excluding hydrogens is 726 g/mol. The predicted octanol–water partition coefficient (Wildman–Crippen LogP) is 8.79. The van der Waals surface area contributed by atoms with Crippen molar-refractivity contribution in [1.29, 1.82) is 0 Å². The summed E-state index contributed by atoms with van der Waals surface area (Å²) in [7, 11) is 0. The second-order valence-corrected chi connectivity index (χ2v) is 14.3. The average molecular weight is 772 g/mol. The fourth-order valence-corrected chi connectivity index (χ4v) is 7.03. The van der Waals surface area contributed by atoms with Crippen LogP contribution in [0.25, 0.3) is 11.1 Å². The standard InChI is InChI=1S/C39H45F8N3O4/c1-7-54-32(52)19-29(34-35(40)26(17-28(36(34)41)39(45,46)47)33-23(5)15-22(4)16-24(33)6)48-37(53)30(14-21(2)3)50-20-25(10-8-11-49-12-9-13-49)27(18-31(50)51)38(42,43)44/h15-18,20-21,29-30H,7-14,19H2,1-6H3,(H,48,53)/t29-,30?/m0/s1. The molecule has 1 aromatic heterocycles. The molecule has 1 saturated heterocycles. The molecule has 3 aromatic rings. The Bertz CT molecular complexity index is 1890. The van der Waals surface area contributed by atoms with Crippen molar-refractivity contribution in [3.63, 3.8) is 0 Å². The van der Waals surface area contributed by atoms with Crippen molar-refractivity contribution in [1.82, 2.24) is 14.8 Å². The molecule has 0 radical (unpaired) electrons. The molecule has 0 bridgehead atoms. The molecule has 15 heteroatoms. The summed E-state index contributed by atoms with van der Waals surface area (Å²) in [5.41, 5.74) is -4.83. The maximum atomic E-state index is 16.7. The lowest BCUT2D eigenvalue weighted by Gasteiger charge is -2.30. The van der Waals surface area contributed by atoms with Crippen LogP contribution < -0.4 is 10.9 Å². The first kappa shape index (κ1) is 42.5. The van der Waals surface area contributed by atoms with Gasteiger partial charge in [0, 0.05) is 23.4 Å². The van der Waals surface area contributed by atoms with Crippen LogP contribution in [-0.4, -0.2) is 47.6 Å². The summed E-state index contributed by atoms with van der Waals surface area (Å²) < 4.78 is 124. The minimum absolute atomic E-state index is 0.0432. The van der Waals surface area contributed by atoms with Gasteiger partial charge in [-0.1, -0.05) is 31.5 Å². The van der Waals surface area contributed by atoms with E-state index in [2.05, 4.69) is 10.2 Å². The van der Waals surface area contributed by atoms with Crippen molar-refractivity contribution < 1.29 is 49.4 Å². The van der Waals surface area contributed by atoms with Gasteiger partial charge in [-0.2, -0.15) is 26.3 Å². The number of likely N-dealkylation sites (tertiary alicyclic amines) is 1. The SMILES string of the molecule is CCOC(=O)C[C@H](NC(=O)C(CC(C)C)n1cc(CCCN2CCC2)c(C(F)(F)F)cc1=O)c1c(F)c(-c2c(C)cc(C)cc2C)cc(C(F)(F)F)c1F. The smallest absolute Gasteiger partial charge is 0.419 e. The van der Waals surface area contributed by atoms with Gasteiger partial charge < -0.3 is 19.5 Å². The average Bonchev–Trinajstić information content (AvgIpc) is 3.01. The number of esters is 1. The number of benzene rings is 2. The summed E-state index contributed by atoms with van der Waals surface area (Å²) in [6.45, 7) is 11.5. The first-order chi connectivity index (χ1) is 25.1. The molecule has 0 spiro atoms. The molecule has 7 nitrogen and oxygen atoms in total. The number of pyridine rings is 1. The molecule has 1 N–H and O–H groups in total. The van der Waals surface area contributed by atoms with E-state index in [9.17, 15) is 40.7 Å². The van der Waals surface area contributed by atoms with Crippen LogP contribution in [0.1, 0.15) is 97.5 Å². The van der Waals surface area contributed by atoms with Gasteiger partial charge in [-0.05, 0) is 107 Å². The van der Waals surface area contributed by atoms with Crippen LogP contribution in [0.2, 0.25) is 0 Å². The van der Waals surface area contributed by atoms with Crippen molar-refractivity contribution in [2.45, 2.75) is 98.1 Å². The molecule has 1 amide bonds. The van der Waals surface area contributed by atoms with Crippen LogP contribution >= 0.6 is 0 Å². The molecule has 1 aliphatic rings. The monoisotopic (exact) mass is 771 g/mol. The minimum atomic E-state index is -5.34. The molecule has 2 atom stereocenters. The van der Waals surface area contributed by atoms with Gasteiger partial charge in [-0.3, -0.25) is 14.4 Å². The zero-order valence-corrected chi connectivity index (χ0v) is 31.0. The van der Waals surface area contributed by atoms with E-state index >= 15 is 8.78 Å².